The van der Waals surface area contributed by atoms with Crippen LogP contribution in [-0.4, -0.2) is 32.7 Å². The zero-order chi connectivity index (χ0) is 24.5. The van der Waals surface area contributed by atoms with Gasteiger partial charge in [-0.25, -0.2) is 12.8 Å². The lowest BCUT2D eigenvalue weighted by Crippen LogP contribution is -2.27. The lowest BCUT2D eigenvalue weighted by atomic mass is 9.99. The second kappa shape index (κ2) is 9.19. The largest absolute Gasteiger partial charge is 0.284 e. The van der Waals surface area contributed by atoms with Crippen LogP contribution in [-0.2, 0) is 20.0 Å². The van der Waals surface area contributed by atoms with E-state index in [0.29, 0.717) is 22.5 Å². The van der Waals surface area contributed by atoms with Gasteiger partial charge < -0.3 is 0 Å². The Bertz CT molecular complexity index is 1450. The number of hydrazone groups is 1. The van der Waals surface area contributed by atoms with Crippen LogP contribution in [0.2, 0.25) is 0 Å². The highest BCUT2D eigenvalue weighted by Crippen LogP contribution is 2.37. The molecule has 34 heavy (non-hydrogen) atoms. The summed E-state index contributed by atoms with van der Waals surface area (Å²) in [6, 6.07) is 18.1. The van der Waals surface area contributed by atoms with Crippen LogP contribution in [0, 0.1) is 12.7 Å². The fraction of sp³-hybridized carbons (Fsp3) is 0.208. The molecule has 1 heterocycles. The molecule has 0 radical (unpaired) electrons. The fourth-order valence-corrected chi connectivity index (χ4v) is 5.74. The molecule has 0 aromatic heterocycles. The Labute approximate surface area is 199 Å². The third kappa shape index (κ3) is 4.97. The first-order valence-electron chi connectivity index (χ1n) is 10.6. The summed E-state index contributed by atoms with van der Waals surface area (Å²) in [6.07, 6.45) is 0.193. The third-order valence-corrected chi connectivity index (χ3v) is 8.52. The standard InChI is InChI=1S/C24H24FN3O4S2/c1-3-33(29,30)27-21-9-5-6-18(15-21)23-16-24(19-7-4-8-20(25)14-19)28(26-23)34(31,32)22-12-10-17(2)11-13-22/h4-15,24,27H,3,16H2,1-2H3/t24-/m1/s1. The van der Waals surface area contributed by atoms with Crippen LogP contribution in [0.15, 0.2) is 82.8 Å². The molecule has 0 saturated heterocycles. The highest BCUT2D eigenvalue weighted by Gasteiger charge is 2.38. The van der Waals surface area contributed by atoms with Crippen molar-refractivity contribution in [3.63, 3.8) is 0 Å². The maximum absolute atomic E-state index is 14.0. The van der Waals surface area contributed by atoms with Crippen molar-refractivity contribution in [2.45, 2.75) is 31.2 Å². The minimum absolute atomic E-state index is 0.0777. The van der Waals surface area contributed by atoms with Crippen LogP contribution in [0.25, 0.3) is 0 Å². The van der Waals surface area contributed by atoms with E-state index in [1.54, 1.807) is 42.5 Å². The molecule has 1 aliphatic rings. The summed E-state index contributed by atoms with van der Waals surface area (Å²) in [5.74, 6) is -0.558. The predicted molar refractivity (Wildman–Crippen MR) is 130 cm³/mol. The Morgan fingerprint density at radius 1 is 1.00 bits per heavy atom. The number of hydrogen-bond donors (Lipinski definition) is 1. The Kier molecular flexibility index (Phi) is 6.46. The van der Waals surface area contributed by atoms with Gasteiger partial charge in [0.15, 0.2) is 0 Å². The number of rotatable bonds is 7. The summed E-state index contributed by atoms with van der Waals surface area (Å²) < 4.78 is 68.5. The number of halogens is 1. The van der Waals surface area contributed by atoms with Gasteiger partial charge in [-0.15, -0.1) is 0 Å². The lowest BCUT2D eigenvalue weighted by Gasteiger charge is -2.23. The summed E-state index contributed by atoms with van der Waals surface area (Å²) in [7, 11) is -7.52. The first-order chi connectivity index (χ1) is 16.1. The van der Waals surface area contributed by atoms with Crippen LogP contribution < -0.4 is 4.72 Å². The molecule has 178 valence electrons. The highest BCUT2D eigenvalue weighted by atomic mass is 32.2. The molecule has 0 fully saturated rings. The molecule has 0 saturated carbocycles. The van der Waals surface area contributed by atoms with Crippen LogP contribution in [0.5, 0.6) is 0 Å². The number of nitrogens with zero attached hydrogens (tertiary/aromatic N) is 2. The van der Waals surface area contributed by atoms with E-state index in [1.165, 1.54) is 37.3 Å². The molecule has 0 unspecified atom stereocenters. The number of benzene rings is 3. The molecule has 3 aromatic carbocycles. The predicted octanol–water partition coefficient (Wildman–Crippen LogP) is 4.44. The van der Waals surface area contributed by atoms with E-state index in [-0.39, 0.29) is 17.1 Å². The Morgan fingerprint density at radius 3 is 2.38 bits per heavy atom. The quantitative estimate of drug-likeness (QED) is 0.518. The van der Waals surface area contributed by atoms with Crippen molar-refractivity contribution in [1.82, 2.24) is 4.41 Å². The minimum Gasteiger partial charge on any atom is -0.284 e. The molecular formula is C24H24FN3O4S2. The number of anilines is 1. The van der Waals surface area contributed by atoms with Crippen molar-refractivity contribution in [3.05, 3.63) is 95.3 Å². The normalized spacial score (nSPS) is 16.4. The summed E-state index contributed by atoms with van der Waals surface area (Å²) in [5.41, 5.74) is 2.75. The second-order valence-corrected chi connectivity index (χ2v) is 11.8. The van der Waals surface area contributed by atoms with Crippen LogP contribution >= 0.6 is 0 Å². The van der Waals surface area contributed by atoms with Crippen LogP contribution in [0.1, 0.15) is 36.1 Å². The Balaban J connectivity index is 1.77. The Hall–Kier alpha value is -3.24. The van der Waals surface area contributed by atoms with E-state index >= 15 is 0 Å². The third-order valence-electron chi connectivity index (χ3n) is 5.52. The van der Waals surface area contributed by atoms with Gasteiger partial charge in [0.2, 0.25) is 10.0 Å². The van der Waals surface area contributed by atoms with E-state index in [4.69, 9.17) is 0 Å². The Morgan fingerprint density at radius 2 is 1.71 bits per heavy atom. The highest BCUT2D eigenvalue weighted by molar-refractivity contribution is 7.92. The summed E-state index contributed by atoms with van der Waals surface area (Å²) in [6.45, 7) is 3.39. The van der Waals surface area contributed by atoms with E-state index in [0.717, 1.165) is 9.98 Å². The molecular weight excluding hydrogens is 477 g/mol. The van der Waals surface area contributed by atoms with Gasteiger partial charge >= 0.3 is 0 Å². The molecule has 3 aromatic rings. The van der Waals surface area contributed by atoms with Gasteiger partial charge in [-0.05, 0) is 61.4 Å². The molecule has 0 bridgehead atoms. The van der Waals surface area contributed by atoms with Crippen molar-refractivity contribution in [3.8, 4) is 0 Å². The van der Waals surface area contributed by atoms with E-state index in [2.05, 4.69) is 9.82 Å². The molecule has 1 N–H and O–H groups in total. The van der Waals surface area contributed by atoms with Gasteiger partial charge in [-0.2, -0.15) is 17.9 Å². The molecule has 1 aliphatic heterocycles. The van der Waals surface area contributed by atoms with Crippen LogP contribution in [0.4, 0.5) is 10.1 Å². The number of sulfonamides is 2. The molecule has 1 atom stereocenters. The van der Waals surface area contributed by atoms with E-state index in [9.17, 15) is 21.2 Å². The van der Waals surface area contributed by atoms with Gasteiger partial charge in [0, 0.05) is 12.1 Å². The number of aryl methyl sites for hydroxylation is 1. The molecule has 10 heteroatoms. The van der Waals surface area contributed by atoms with Gasteiger partial charge in [0.05, 0.1) is 22.4 Å². The number of nitrogens with one attached hydrogen (secondary N) is 1. The average Bonchev–Trinajstić information content (AvgIpc) is 3.26. The van der Waals surface area contributed by atoms with Gasteiger partial charge in [-0.3, -0.25) is 4.72 Å². The van der Waals surface area contributed by atoms with E-state index in [1.807, 2.05) is 6.92 Å². The molecule has 4 rings (SSSR count). The monoisotopic (exact) mass is 501 g/mol. The molecule has 0 aliphatic carbocycles. The van der Waals surface area contributed by atoms with Gasteiger partial charge in [-0.1, -0.05) is 42.0 Å². The topological polar surface area (TPSA) is 95.9 Å². The molecule has 7 nitrogen and oxygen atoms in total. The van der Waals surface area contributed by atoms with Crippen molar-refractivity contribution in [2.24, 2.45) is 5.10 Å². The van der Waals surface area contributed by atoms with Crippen molar-refractivity contribution in [1.29, 1.82) is 0 Å². The average molecular weight is 502 g/mol. The maximum Gasteiger partial charge on any atom is 0.279 e. The van der Waals surface area contributed by atoms with Crippen molar-refractivity contribution < 1.29 is 21.2 Å². The van der Waals surface area contributed by atoms with Crippen molar-refractivity contribution >= 4 is 31.4 Å². The zero-order valence-corrected chi connectivity index (χ0v) is 20.3. The lowest BCUT2D eigenvalue weighted by molar-refractivity contribution is 0.370. The maximum atomic E-state index is 14.0. The smallest absolute Gasteiger partial charge is 0.279 e. The van der Waals surface area contributed by atoms with E-state index < -0.39 is 31.9 Å². The molecule has 0 spiro atoms. The van der Waals surface area contributed by atoms with Crippen LogP contribution in [0.3, 0.4) is 0 Å². The second-order valence-electron chi connectivity index (χ2n) is 8.00. The summed E-state index contributed by atoms with van der Waals surface area (Å²) >= 11 is 0. The van der Waals surface area contributed by atoms with Gasteiger partial charge in [0.1, 0.15) is 5.82 Å². The minimum atomic E-state index is -4.04. The molecule has 0 amide bonds. The fourth-order valence-electron chi connectivity index (χ4n) is 3.68. The first kappa shape index (κ1) is 23.9. The van der Waals surface area contributed by atoms with Crippen molar-refractivity contribution in [2.75, 3.05) is 10.5 Å². The summed E-state index contributed by atoms with van der Waals surface area (Å²) in [4.78, 5) is 0.0777. The summed E-state index contributed by atoms with van der Waals surface area (Å²) in [5, 5.41) is 4.44. The first-order valence-corrected chi connectivity index (χ1v) is 13.7. The SMILES string of the molecule is CCS(=O)(=O)Nc1cccc(C2=NN(S(=O)(=O)c3ccc(C)cc3)[C@@H](c3cccc(F)c3)C2)c1. The number of hydrogen-bond acceptors (Lipinski definition) is 5. The van der Waals surface area contributed by atoms with Gasteiger partial charge in [0.25, 0.3) is 10.0 Å². The zero-order valence-electron chi connectivity index (χ0n) is 18.6.